The Morgan fingerprint density at radius 1 is 1.44 bits per heavy atom. The fourth-order valence-corrected chi connectivity index (χ4v) is 2.78. The van der Waals surface area contributed by atoms with E-state index in [0.29, 0.717) is 5.92 Å². The van der Waals surface area contributed by atoms with Crippen LogP contribution in [0.4, 0.5) is 4.39 Å². The van der Waals surface area contributed by atoms with Crippen molar-refractivity contribution in [2.24, 2.45) is 11.8 Å². The van der Waals surface area contributed by atoms with Crippen molar-refractivity contribution in [3.63, 3.8) is 0 Å². The molecular formula is C15H25FO2. The standard InChI is InChI=1S/C15H25FO2/c1-7-8-15(16)13(11(4)5)18-12(9-10(2)3)14(15)17-6/h8,10-14H,1,9H2,2-6H3/t12-,13+,14-,15+/m1/s1. The largest absolute Gasteiger partial charge is 0.375 e. The average Bonchev–Trinajstić information content (AvgIpc) is 2.50. The second kappa shape index (κ2) is 6.01. The molecule has 1 fully saturated rings. The van der Waals surface area contributed by atoms with Gasteiger partial charge < -0.3 is 9.47 Å². The highest BCUT2D eigenvalue weighted by molar-refractivity contribution is 5.16. The highest BCUT2D eigenvalue weighted by atomic mass is 19.1. The Labute approximate surface area is 110 Å². The highest BCUT2D eigenvalue weighted by Gasteiger charge is 2.57. The zero-order valence-electron chi connectivity index (χ0n) is 12.1. The zero-order chi connectivity index (χ0) is 13.9. The number of halogens is 1. The molecule has 0 aliphatic carbocycles. The topological polar surface area (TPSA) is 18.5 Å². The minimum Gasteiger partial charge on any atom is -0.375 e. The molecule has 1 saturated heterocycles. The van der Waals surface area contributed by atoms with Crippen LogP contribution < -0.4 is 0 Å². The molecule has 104 valence electrons. The summed E-state index contributed by atoms with van der Waals surface area (Å²) in [6.07, 6.45) is 0.865. The Kier molecular flexibility index (Phi) is 5.15. The molecule has 0 spiro atoms. The molecule has 0 amide bonds. The van der Waals surface area contributed by atoms with Crippen LogP contribution in [-0.4, -0.2) is 31.1 Å². The molecule has 0 aromatic heterocycles. The van der Waals surface area contributed by atoms with Gasteiger partial charge in [0.1, 0.15) is 12.2 Å². The van der Waals surface area contributed by atoms with E-state index in [1.165, 1.54) is 13.2 Å². The molecule has 0 unspecified atom stereocenters. The summed E-state index contributed by atoms with van der Waals surface area (Å²) in [6.45, 7) is 11.6. The predicted octanol–water partition coefficient (Wildman–Crippen LogP) is 3.52. The van der Waals surface area contributed by atoms with Crippen LogP contribution in [0.3, 0.4) is 0 Å². The summed E-state index contributed by atoms with van der Waals surface area (Å²) in [6, 6.07) is 0. The Hall–Kier alpha value is -0.630. The summed E-state index contributed by atoms with van der Waals surface area (Å²) < 4.78 is 26.5. The van der Waals surface area contributed by atoms with Crippen molar-refractivity contribution in [3.05, 3.63) is 18.4 Å². The molecule has 1 aliphatic heterocycles. The van der Waals surface area contributed by atoms with Crippen molar-refractivity contribution >= 4 is 0 Å². The quantitative estimate of drug-likeness (QED) is 0.701. The molecule has 0 N–H and O–H groups in total. The number of ether oxygens (including phenoxy) is 2. The monoisotopic (exact) mass is 256 g/mol. The third kappa shape index (κ3) is 2.85. The van der Waals surface area contributed by atoms with Crippen LogP contribution in [-0.2, 0) is 9.47 Å². The van der Waals surface area contributed by atoms with Gasteiger partial charge in [0.15, 0.2) is 5.67 Å². The van der Waals surface area contributed by atoms with E-state index in [4.69, 9.17) is 9.47 Å². The van der Waals surface area contributed by atoms with Gasteiger partial charge in [-0.3, -0.25) is 0 Å². The predicted molar refractivity (Wildman–Crippen MR) is 71.3 cm³/mol. The van der Waals surface area contributed by atoms with Crippen LogP contribution in [0.25, 0.3) is 0 Å². The second-order valence-electron chi connectivity index (χ2n) is 5.80. The van der Waals surface area contributed by atoms with Gasteiger partial charge in [-0.1, -0.05) is 34.3 Å². The van der Waals surface area contributed by atoms with Crippen molar-refractivity contribution < 1.29 is 13.9 Å². The first-order valence-corrected chi connectivity index (χ1v) is 6.61. The average molecular weight is 256 g/mol. The molecule has 0 bridgehead atoms. The van der Waals surface area contributed by atoms with Crippen LogP contribution in [0.1, 0.15) is 34.1 Å². The molecule has 0 aromatic carbocycles. The van der Waals surface area contributed by atoms with Crippen molar-refractivity contribution in [2.75, 3.05) is 7.11 Å². The first kappa shape index (κ1) is 15.4. The van der Waals surface area contributed by atoms with E-state index < -0.39 is 17.9 Å². The first-order valence-electron chi connectivity index (χ1n) is 6.61. The van der Waals surface area contributed by atoms with Crippen molar-refractivity contribution in [1.82, 2.24) is 0 Å². The molecule has 0 saturated carbocycles. The van der Waals surface area contributed by atoms with E-state index >= 15 is 4.39 Å². The molecule has 1 aliphatic rings. The Bertz CT molecular complexity index is 320. The van der Waals surface area contributed by atoms with Crippen LogP contribution in [0.2, 0.25) is 0 Å². The second-order valence-corrected chi connectivity index (χ2v) is 5.80. The fraction of sp³-hybridized carbons (Fsp3) is 0.800. The van der Waals surface area contributed by atoms with E-state index in [2.05, 4.69) is 26.2 Å². The Morgan fingerprint density at radius 3 is 2.44 bits per heavy atom. The van der Waals surface area contributed by atoms with Gasteiger partial charge in [0.2, 0.25) is 0 Å². The zero-order valence-corrected chi connectivity index (χ0v) is 12.1. The third-order valence-electron chi connectivity index (χ3n) is 3.42. The normalized spacial score (nSPS) is 36.1. The Balaban J connectivity index is 3.06. The minimum atomic E-state index is -1.63. The fourth-order valence-electron chi connectivity index (χ4n) is 2.78. The molecule has 1 heterocycles. The first-order chi connectivity index (χ1) is 8.36. The summed E-state index contributed by atoms with van der Waals surface area (Å²) in [7, 11) is 1.54. The van der Waals surface area contributed by atoms with E-state index in [0.717, 1.165) is 6.42 Å². The highest BCUT2D eigenvalue weighted by Crippen LogP contribution is 2.42. The number of alkyl halides is 1. The maximum Gasteiger partial charge on any atom is 0.191 e. The van der Waals surface area contributed by atoms with Gasteiger partial charge in [0, 0.05) is 7.11 Å². The summed E-state index contributed by atoms with van der Waals surface area (Å²) in [4.78, 5) is 0. The van der Waals surface area contributed by atoms with Gasteiger partial charge in [0.05, 0.1) is 6.10 Å². The molecule has 2 nitrogen and oxygen atoms in total. The lowest BCUT2D eigenvalue weighted by molar-refractivity contribution is -0.0266. The maximum atomic E-state index is 15.2. The van der Waals surface area contributed by atoms with Crippen LogP contribution in [0.15, 0.2) is 18.4 Å². The number of hydrogen-bond donors (Lipinski definition) is 0. The van der Waals surface area contributed by atoms with E-state index in [1.807, 2.05) is 13.8 Å². The molecule has 0 radical (unpaired) electrons. The minimum absolute atomic E-state index is 0.0782. The molecule has 0 aromatic rings. The van der Waals surface area contributed by atoms with Gasteiger partial charge in [0.25, 0.3) is 0 Å². The van der Waals surface area contributed by atoms with E-state index in [9.17, 15) is 0 Å². The molecule has 4 atom stereocenters. The number of methoxy groups -OCH3 is 1. The van der Waals surface area contributed by atoms with Gasteiger partial charge >= 0.3 is 0 Å². The van der Waals surface area contributed by atoms with E-state index in [-0.39, 0.29) is 12.0 Å². The summed E-state index contributed by atoms with van der Waals surface area (Å²) in [5.74, 6) is 0.518. The SMILES string of the molecule is C=C=C[C@@]1(F)[C@H](OC)[C@@H](CC(C)C)O[C@H]1C(C)C. The number of rotatable bonds is 5. The van der Waals surface area contributed by atoms with Gasteiger partial charge in [-0.05, 0) is 24.3 Å². The lowest BCUT2D eigenvalue weighted by Crippen LogP contribution is -2.45. The van der Waals surface area contributed by atoms with Crippen molar-refractivity contribution in [2.45, 2.75) is 58.1 Å². The van der Waals surface area contributed by atoms with Crippen molar-refractivity contribution in [1.29, 1.82) is 0 Å². The summed E-state index contributed by atoms with van der Waals surface area (Å²) >= 11 is 0. The Morgan fingerprint density at radius 2 is 2.06 bits per heavy atom. The molecule has 1 rings (SSSR count). The third-order valence-corrected chi connectivity index (χ3v) is 3.42. The summed E-state index contributed by atoms with van der Waals surface area (Å²) in [5.41, 5.74) is 0.928. The van der Waals surface area contributed by atoms with Gasteiger partial charge in [-0.2, -0.15) is 0 Å². The smallest absolute Gasteiger partial charge is 0.191 e. The van der Waals surface area contributed by atoms with Crippen LogP contribution in [0.5, 0.6) is 0 Å². The summed E-state index contributed by atoms with van der Waals surface area (Å²) in [5, 5.41) is 0. The van der Waals surface area contributed by atoms with E-state index in [1.54, 1.807) is 0 Å². The van der Waals surface area contributed by atoms with Gasteiger partial charge in [-0.25, -0.2) is 4.39 Å². The lowest BCUT2D eigenvalue weighted by Gasteiger charge is -2.28. The molecule has 18 heavy (non-hydrogen) atoms. The number of hydrogen-bond acceptors (Lipinski definition) is 2. The molecule has 3 heteroatoms. The lowest BCUT2D eigenvalue weighted by atomic mass is 9.85. The van der Waals surface area contributed by atoms with Crippen LogP contribution >= 0.6 is 0 Å². The molecular weight excluding hydrogens is 231 g/mol. The maximum absolute atomic E-state index is 15.2. The van der Waals surface area contributed by atoms with Crippen LogP contribution in [0, 0.1) is 11.8 Å². The van der Waals surface area contributed by atoms with Gasteiger partial charge in [-0.15, -0.1) is 5.73 Å². The van der Waals surface area contributed by atoms with Crippen molar-refractivity contribution in [3.8, 4) is 0 Å².